The molecule has 0 aromatic heterocycles. The van der Waals surface area contributed by atoms with Gasteiger partial charge < -0.3 is 15.8 Å². The number of para-hydroxylation sites is 1. The van der Waals surface area contributed by atoms with Crippen molar-refractivity contribution in [1.29, 1.82) is 0 Å². The van der Waals surface area contributed by atoms with Crippen molar-refractivity contribution in [3.63, 3.8) is 0 Å². The number of nitrogens with one attached hydrogen (secondary N) is 1. The SMILES string of the molecule is I.NC(=NC1CCOc2ccccc21)N[C@@H]1C[C@H]1c1ccc(Cl)c(F)c1. The second-order valence-electron chi connectivity index (χ2n) is 6.47. The number of hydrogen-bond donors (Lipinski definition) is 2. The topological polar surface area (TPSA) is 59.6 Å². The minimum absolute atomic E-state index is 0. The highest BCUT2D eigenvalue weighted by Crippen LogP contribution is 2.41. The zero-order chi connectivity index (χ0) is 17.4. The number of nitrogens with two attached hydrogens (primary N) is 1. The molecule has 4 rings (SSSR count). The Bertz CT molecular complexity index is 832. The van der Waals surface area contributed by atoms with Gasteiger partial charge in [0.15, 0.2) is 5.96 Å². The predicted molar refractivity (Wildman–Crippen MR) is 112 cm³/mol. The van der Waals surface area contributed by atoms with Crippen molar-refractivity contribution in [2.75, 3.05) is 6.61 Å². The van der Waals surface area contributed by atoms with Gasteiger partial charge in [-0.25, -0.2) is 9.38 Å². The highest BCUT2D eigenvalue weighted by atomic mass is 127. The number of halogens is 3. The minimum Gasteiger partial charge on any atom is -0.493 e. The van der Waals surface area contributed by atoms with Crippen LogP contribution in [0, 0.1) is 5.82 Å². The monoisotopic (exact) mass is 487 g/mol. The summed E-state index contributed by atoms with van der Waals surface area (Å²) < 4.78 is 19.2. The summed E-state index contributed by atoms with van der Waals surface area (Å²) in [5, 5.41) is 3.39. The molecule has 26 heavy (non-hydrogen) atoms. The van der Waals surface area contributed by atoms with Gasteiger partial charge in [-0.3, -0.25) is 0 Å². The summed E-state index contributed by atoms with van der Waals surface area (Å²) in [7, 11) is 0. The largest absolute Gasteiger partial charge is 0.493 e. The third-order valence-corrected chi connectivity index (χ3v) is 5.02. The molecule has 138 valence electrons. The Labute approximate surface area is 174 Å². The van der Waals surface area contributed by atoms with Crippen LogP contribution < -0.4 is 15.8 Å². The quantitative estimate of drug-likeness (QED) is 0.384. The number of nitrogens with zero attached hydrogens (tertiary/aromatic N) is 1. The van der Waals surface area contributed by atoms with Crippen LogP contribution in [-0.4, -0.2) is 18.6 Å². The van der Waals surface area contributed by atoms with E-state index in [0.29, 0.717) is 12.6 Å². The molecule has 1 saturated carbocycles. The number of rotatable bonds is 3. The van der Waals surface area contributed by atoms with Gasteiger partial charge >= 0.3 is 0 Å². The molecular weight excluding hydrogens is 468 g/mol. The lowest BCUT2D eigenvalue weighted by molar-refractivity contribution is 0.269. The van der Waals surface area contributed by atoms with Crippen LogP contribution in [0.4, 0.5) is 4.39 Å². The van der Waals surface area contributed by atoms with Crippen LogP contribution >= 0.6 is 35.6 Å². The third kappa shape index (κ3) is 4.06. The fraction of sp³-hybridized carbons (Fsp3) is 0.316. The maximum absolute atomic E-state index is 13.6. The molecule has 2 aliphatic rings. The number of hydrogen-bond acceptors (Lipinski definition) is 2. The summed E-state index contributed by atoms with van der Waals surface area (Å²) >= 11 is 5.74. The smallest absolute Gasteiger partial charge is 0.189 e. The average Bonchev–Trinajstić information content (AvgIpc) is 3.36. The standard InChI is InChI=1S/C19H19ClFN3O.HI/c20-14-6-5-11(9-15(14)21)13-10-17(13)24-19(22)23-16-7-8-25-18-4-2-1-3-12(16)18;/h1-6,9,13,16-17H,7-8,10H2,(H3,22,23,24);1H/t13-,16?,17+;/m0./s1. The number of benzene rings is 2. The van der Waals surface area contributed by atoms with Crippen molar-refractivity contribution in [2.24, 2.45) is 10.7 Å². The van der Waals surface area contributed by atoms with Crippen LogP contribution in [0.3, 0.4) is 0 Å². The molecule has 0 radical (unpaired) electrons. The molecule has 0 spiro atoms. The fourth-order valence-corrected chi connectivity index (χ4v) is 3.44. The van der Waals surface area contributed by atoms with Gasteiger partial charge in [0.1, 0.15) is 11.6 Å². The summed E-state index contributed by atoms with van der Waals surface area (Å²) in [5.74, 6) is 1.15. The first kappa shape index (κ1) is 19.2. The molecule has 2 aromatic rings. The van der Waals surface area contributed by atoms with Crippen molar-refractivity contribution in [3.8, 4) is 5.75 Å². The Hall–Kier alpha value is -1.54. The van der Waals surface area contributed by atoms with Gasteiger partial charge in [-0.15, -0.1) is 24.0 Å². The molecule has 3 N–H and O–H groups in total. The molecule has 1 aliphatic carbocycles. The van der Waals surface area contributed by atoms with Gasteiger partial charge in [0.25, 0.3) is 0 Å². The van der Waals surface area contributed by atoms with E-state index in [2.05, 4.69) is 10.3 Å². The summed E-state index contributed by atoms with van der Waals surface area (Å²) in [6.07, 6.45) is 1.71. The van der Waals surface area contributed by atoms with E-state index in [1.165, 1.54) is 6.07 Å². The molecule has 1 heterocycles. The van der Waals surface area contributed by atoms with Crippen LogP contribution in [0.25, 0.3) is 0 Å². The van der Waals surface area contributed by atoms with Crippen molar-refractivity contribution < 1.29 is 9.13 Å². The van der Waals surface area contributed by atoms with Crippen molar-refractivity contribution in [3.05, 3.63) is 64.4 Å². The molecule has 0 saturated heterocycles. The second kappa shape index (κ2) is 8.00. The van der Waals surface area contributed by atoms with Gasteiger partial charge in [-0.2, -0.15) is 0 Å². The van der Waals surface area contributed by atoms with E-state index in [4.69, 9.17) is 22.1 Å². The molecule has 7 heteroatoms. The van der Waals surface area contributed by atoms with Crippen LogP contribution in [0.1, 0.15) is 35.9 Å². The molecule has 4 nitrogen and oxygen atoms in total. The first-order valence-corrected chi connectivity index (χ1v) is 8.76. The Morgan fingerprint density at radius 1 is 1.27 bits per heavy atom. The van der Waals surface area contributed by atoms with Crippen LogP contribution in [-0.2, 0) is 0 Å². The Balaban J connectivity index is 0.00000196. The second-order valence-corrected chi connectivity index (χ2v) is 6.88. The molecule has 0 bridgehead atoms. The molecule has 2 aromatic carbocycles. The zero-order valence-electron chi connectivity index (χ0n) is 14.0. The van der Waals surface area contributed by atoms with E-state index < -0.39 is 0 Å². The number of fused-ring (bicyclic) bond motifs is 1. The first-order chi connectivity index (χ1) is 12.1. The summed E-state index contributed by atoms with van der Waals surface area (Å²) in [6.45, 7) is 0.633. The van der Waals surface area contributed by atoms with Crippen LogP contribution in [0.15, 0.2) is 47.5 Å². The maximum atomic E-state index is 13.6. The highest BCUT2D eigenvalue weighted by Gasteiger charge is 2.39. The molecule has 0 amide bonds. The Kier molecular flexibility index (Phi) is 5.92. The van der Waals surface area contributed by atoms with Crippen LogP contribution in [0.5, 0.6) is 5.75 Å². The van der Waals surface area contributed by atoms with Crippen molar-refractivity contribution in [2.45, 2.75) is 30.8 Å². The number of aliphatic imine (C=N–C) groups is 1. The van der Waals surface area contributed by atoms with Crippen molar-refractivity contribution in [1.82, 2.24) is 5.32 Å². The van der Waals surface area contributed by atoms with E-state index in [1.807, 2.05) is 30.3 Å². The minimum atomic E-state index is -0.384. The van der Waals surface area contributed by atoms with Gasteiger partial charge in [0, 0.05) is 23.9 Å². The third-order valence-electron chi connectivity index (χ3n) is 4.72. The van der Waals surface area contributed by atoms with Gasteiger partial charge in [-0.05, 0) is 30.2 Å². The normalized spacial score (nSPS) is 24.1. The van der Waals surface area contributed by atoms with Gasteiger partial charge in [0.2, 0.25) is 0 Å². The maximum Gasteiger partial charge on any atom is 0.189 e. The molecule has 1 aliphatic heterocycles. The van der Waals surface area contributed by atoms with E-state index >= 15 is 0 Å². The lowest BCUT2D eigenvalue weighted by atomic mass is 10.0. The Morgan fingerprint density at radius 2 is 2.08 bits per heavy atom. The van der Waals surface area contributed by atoms with Gasteiger partial charge in [-0.1, -0.05) is 35.9 Å². The molecule has 1 unspecified atom stereocenters. The van der Waals surface area contributed by atoms with Crippen molar-refractivity contribution >= 4 is 41.5 Å². The predicted octanol–water partition coefficient (Wildman–Crippen LogP) is 4.38. The summed E-state index contributed by atoms with van der Waals surface area (Å²) in [4.78, 5) is 4.63. The molecular formula is C19H20ClFIN3O. The van der Waals surface area contributed by atoms with Gasteiger partial charge in [0.05, 0.1) is 17.7 Å². The Morgan fingerprint density at radius 3 is 2.88 bits per heavy atom. The number of ether oxygens (including phenoxy) is 1. The van der Waals surface area contributed by atoms with E-state index in [1.54, 1.807) is 6.07 Å². The van der Waals surface area contributed by atoms with E-state index in [0.717, 1.165) is 29.7 Å². The summed E-state index contributed by atoms with van der Waals surface area (Å²) in [6, 6.07) is 13.0. The zero-order valence-corrected chi connectivity index (χ0v) is 17.1. The van der Waals surface area contributed by atoms with Crippen LogP contribution in [0.2, 0.25) is 5.02 Å². The first-order valence-electron chi connectivity index (χ1n) is 8.38. The molecule has 3 atom stereocenters. The lowest BCUT2D eigenvalue weighted by Crippen LogP contribution is -2.35. The highest BCUT2D eigenvalue weighted by molar-refractivity contribution is 14.0. The summed E-state index contributed by atoms with van der Waals surface area (Å²) in [5.41, 5.74) is 8.09. The van der Waals surface area contributed by atoms with E-state index in [9.17, 15) is 4.39 Å². The van der Waals surface area contributed by atoms with E-state index in [-0.39, 0.29) is 52.8 Å². The number of guanidine groups is 1. The average molecular weight is 488 g/mol. The fourth-order valence-electron chi connectivity index (χ4n) is 3.32. The lowest BCUT2D eigenvalue weighted by Gasteiger charge is -2.23. The molecule has 1 fully saturated rings.